The molecule has 0 amide bonds. The molecule has 0 spiro atoms. The van der Waals surface area contributed by atoms with Crippen LogP contribution >= 0.6 is 0 Å². The molecule has 4 atom stereocenters. The summed E-state index contributed by atoms with van der Waals surface area (Å²) < 4.78 is 5.55. The van der Waals surface area contributed by atoms with E-state index in [0.717, 1.165) is 16.7 Å². The molecule has 2 heterocycles. The summed E-state index contributed by atoms with van der Waals surface area (Å²) in [6, 6.07) is 6.04. The van der Waals surface area contributed by atoms with Crippen molar-refractivity contribution in [3.8, 4) is 0 Å². The molecule has 0 saturated carbocycles. The number of fused-ring (bicyclic) bond motifs is 1. The quantitative estimate of drug-likeness (QED) is 0.747. The molecule has 2 aliphatic rings. The van der Waals surface area contributed by atoms with Gasteiger partial charge in [-0.15, -0.1) is 0 Å². The molecule has 0 bridgehead atoms. The molecule has 1 fully saturated rings. The number of hydrogen-bond donors (Lipinski definition) is 3. The van der Waals surface area contributed by atoms with E-state index in [-0.39, 0.29) is 6.61 Å². The Hall–Kier alpha value is -1.66. The van der Waals surface area contributed by atoms with E-state index in [0.29, 0.717) is 5.70 Å². The van der Waals surface area contributed by atoms with Crippen molar-refractivity contribution in [2.75, 3.05) is 6.61 Å². The predicted octanol–water partition coefficient (Wildman–Crippen LogP) is 0.691. The van der Waals surface area contributed by atoms with Crippen molar-refractivity contribution < 1.29 is 20.1 Å². The van der Waals surface area contributed by atoms with Crippen LogP contribution in [0.5, 0.6) is 0 Å². The number of hydrogen-bond acceptors (Lipinski definition) is 5. The number of aryl methyl sites for hydroxylation is 1. The monoisotopic (exact) mass is 289 g/mol. The van der Waals surface area contributed by atoms with Crippen LogP contribution < -0.4 is 0 Å². The van der Waals surface area contributed by atoms with Crippen molar-refractivity contribution in [2.45, 2.75) is 31.5 Å². The van der Waals surface area contributed by atoms with E-state index in [1.165, 1.54) is 0 Å². The van der Waals surface area contributed by atoms with Crippen molar-refractivity contribution in [3.63, 3.8) is 0 Å². The fourth-order valence-electron chi connectivity index (χ4n) is 2.82. The minimum absolute atomic E-state index is 0.339. The third-order valence-electron chi connectivity index (χ3n) is 4.04. The molecule has 0 radical (unpaired) electrons. The van der Waals surface area contributed by atoms with E-state index < -0.39 is 24.5 Å². The molecule has 3 rings (SSSR count). The Morgan fingerprint density at radius 3 is 2.71 bits per heavy atom. The molecule has 3 N–H and O–H groups in total. The van der Waals surface area contributed by atoms with Gasteiger partial charge in [-0.25, -0.2) is 0 Å². The molecule has 1 aromatic rings. The van der Waals surface area contributed by atoms with E-state index in [1.54, 1.807) is 11.1 Å². The summed E-state index contributed by atoms with van der Waals surface area (Å²) in [5.74, 6) is 0. The van der Waals surface area contributed by atoms with Crippen molar-refractivity contribution in [1.82, 2.24) is 4.90 Å². The minimum Gasteiger partial charge on any atom is -0.394 e. The van der Waals surface area contributed by atoms with Gasteiger partial charge in [0.1, 0.15) is 18.3 Å². The first-order chi connectivity index (χ1) is 10.0. The molecule has 2 aliphatic heterocycles. The lowest BCUT2D eigenvalue weighted by Gasteiger charge is -2.34. The number of aliphatic hydroxyl groups is 3. The van der Waals surface area contributed by atoms with Gasteiger partial charge in [0.15, 0.2) is 6.23 Å². The van der Waals surface area contributed by atoms with Gasteiger partial charge < -0.3 is 25.0 Å². The Morgan fingerprint density at radius 1 is 1.29 bits per heavy atom. The smallest absolute Gasteiger partial charge is 0.163 e. The number of nitrogens with zero attached hydrogens (tertiary/aromatic N) is 1. The molecule has 1 saturated heterocycles. The maximum Gasteiger partial charge on any atom is 0.163 e. The average Bonchev–Trinajstić information content (AvgIpc) is 2.75. The van der Waals surface area contributed by atoms with Crippen LogP contribution in [0, 0.1) is 6.92 Å². The topological polar surface area (TPSA) is 73.2 Å². The standard InChI is InChI=1S/C16H19NO4/c1-9-3-4-12-10(2)17(6-5-11(12)7-9)16-15(20)14(19)13(8-18)21-16/h3-7,13-16,18-20H,2,8H2,1H3/t13-,14+,15?,16-/m1/s1. The first-order valence-electron chi connectivity index (χ1n) is 6.92. The summed E-state index contributed by atoms with van der Waals surface area (Å²) >= 11 is 0. The van der Waals surface area contributed by atoms with E-state index in [4.69, 9.17) is 9.84 Å². The Morgan fingerprint density at radius 2 is 2.05 bits per heavy atom. The van der Waals surface area contributed by atoms with Gasteiger partial charge in [-0.05, 0) is 18.6 Å². The zero-order valence-electron chi connectivity index (χ0n) is 11.8. The molecular weight excluding hydrogens is 270 g/mol. The highest BCUT2D eigenvalue weighted by Crippen LogP contribution is 2.34. The van der Waals surface area contributed by atoms with Crippen molar-refractivity contribution in [2.24, 2.45) is 0 Å². The Kier molecular flexibility index (Phi) is 3.59. The van der Waals surface area contributed by atoms with Gasteiger partial charge in [0.05, 0.1) is 6.61 Å². The van der Waals surface area contributed by atoms with Gasteiger partial charge in [0, 0.05) is 17.5 Å². The highest BCUT2D eigenvalue weighted by Gasteiger charge is 2.45. The second-order valence-electron chi connectivity index (χ2n) is 5.49. The van der Waals surface area contributed by atoms with Crippen molar-refractivity contribution in [1.29, 1.82) is 0 Å². The SMILES string of the molecule is C=C1c2ccc(C)cc2C=CN1[C@@H]1O[C@H](CO)[C@H](O)C1O. The lowest BCUT2D eigenvalue weighted by Crippen LogP contribution is -2.41. The van der Waals surface area contributed by atoms with E-state index in [2.05, 4.69) is 12.6 Å². The van der Waals surface area contributed by atoms with Gasteiger partial charge in [-0.1, -0.05) is 30.3 Å². The Bertz CT molecular complexity index is 598. The molecule has 0 aliphatic carbocycles. The zero-order valence-corrected chi connectivity index (χ0v) is 11.8. The molecule has 1 aromatic carbocycles. The van der Waals surface area contributed by atoms with E-state index in [9.17, 15) is 10.2 Å². The van der Waals surface area contributed by atoms with Crippen LogP contribution in [0.15, 0.2) is 31.0 Å². The number of benzene rings is 1. The third-order valence-corrected chi connectivity index (χ3v) is 4.04. The van der Waals surface area contributed by atoms with Crippen LogP contribution in [0.2, 0.25) is 0 Å². The molecule has 0 aromatic heterocycles. The van der Waals surface area contributed by atoms with Gasteiger partial charge >= 0.3 is 0 Å². The molecule has 112 valence electrons. The van der Waals surface area contributed by atoms with Crippen LogP contribution in [0.3, 0.4) is 0 Å². The number of ether oxygens (including phenoxy) is 1. The third kappa shape index (κ3) is 2.28. The second kappa shape index (κ2) is 5.27. The zero-order chi connectivity index (χ0) is 15.1. The summed E-state index contributed by atoms with van der Waals surface area (Å²) in [7, 11) is 0. The Labute approximate surface area is 123 Å². The van der Waals surface area contributed by atoms with Crippen LogP contribution in [-0.4, -0.2) is 51.4 Å². The number of rotatable bonds is 2. The van der Waals surface area contributed by atoms with Crippen molar-refractivity contribution in [3.05, 3.63) is 47.7 Å². The lowest BCUT2D eigenvalue weighted by atomic mass is 9.98. The van der Waals surface area contributed by atoms with Gasteiger partial charge in [-0.3, -0.25) is 0 Å². The summed E-state index contributed by atoms with van der Waals surface area (Å²) in [5, 5.41) is 29.1. The summed E-state index contributed by atoms with van der Waals surface area (Å²) in [4.78, 5) is 1.70. The molecule has 5 heteroatoms. The first-order valence-corrected chi connectivity index (χ1v) is 6.92. The van der Waals surface area contributed by atoms with E-state index >= 15 is 0 Å². The van der Waals surface area contributed by atoms with Crippen LogP contribution in [0.1, 0.15) is 16.7 Å². The fraction of sp³-hybridized carbons (Fsp3) is 0.375. The fourth-order valence-corrected chi connectivity index (χ4v) is 2.82. The van der Waals surface area contributed by atoms with Crippen LogP contribution in [0.25, 0.3) is 11.8 Å². The van der Waals surface area contributed by atoms with Crippen LogP contribution in [-0.2, 0) is 4.74 Å². The second-order valence-corrected chi connectivity index (χ2v) is 5.49. The van der Waals surface area contributed by atoms with Gasteiger partial charge in [-0.2, -0.15) is 0 Å². The Balaban J connectivity index is 1.89. The normalized spacial score (nSPS) is 31.6. The van der Waals surface area contributed by atoms with Crippen molar-refractivity contribution >= 4 is 11.8 Å². The first kappa shape index (κ1) is 14.3. The van der Waals surface area contributed by atoms with Crippen LogP contribution in [0.4, 0.5) is 0 Å². The molecule has 5 nitrogen and oxygen atoms in total. The highest BCUT2D eigenvalue weighted by molar-refractivity contribution is 5.77. The molecule has 21 heavy (non-hydrogen) atoms. The minimum atomic E-state index is -1.11. The average molecular weight is 289 g/mol. The number of aliphatic hydroxyl groups excluding tert-OH is 3. The largest absolute Gasteiger partial charge is 0.394 e. The lowest BCUT2D eigenvalue weighted by molar-refractivity contribution is -0.0613. The summed E-state index contributed by atoms with van der Waals surface area (Å²) in [6.45, 7) is 5.75. The molecular formula is C16H19NO4. The summed E-state index contributed by atoms with van der Waals surface area (Å²) in [5.41, 5.74) is 3.87. The van der Waals surface area contributed by atoms with E-state index in [1.807, 2.05) is 25.1 Å². The molecule has 1 unspecified atom stereocenters. The highest BCUT2D eigenvalue weighted by atomic mass is 16.6. The van der Waals surface area contributed by atoms with Gasteiger partial charge in [0.2, 0.25) is 0 Å². The summed E-state index contributed by atoms with van der Waals surface area (Å²) in [6.07, 6.45) is -0.0481. The predicted molar refractivity (Wildman–Crippen MR) is 78.8 cm³/mol. The maximum absolute atomic E-state index is 10.1. The van der Waals surface area contributed by atoms with Gasteiger partial charge in [0.25, 0.3) is 0 Å². The maximum atomic E-state index is 10.1.